The highest BCUT2D eigenvalue weighted by molar-refractivity contribution is 7.98. The summed E-state index contributed by atoms with van der Waals surface area (Å²) in [4.78, 5) is 5.50. The standard InChI is InChI=1S/C15H21N3S/c1-3-8-18-11-17-9-14(18)10-19-15-6-4-13(5-7-15)12(2)16/h4-7,9,11-12H,3,8,10,16H2,1-2H3. The van der Waals surface area contributed by atoms with Gasteiger partial charge in [-0.15, -0.1) is 11.8 Å². The van der Waals surface area contributed by atoms with Crippen molar-refractivity contribution in [2.45, 2.75) is 43.5 Å². The molecule has 0 amide bonds. The lowest BCUT2D eigenvalue weighted by Crippen LogP contribution is -2.04. The fraction of sp³-hybridized carbons (Fsp3) is 0.400. The quantitative estimate of drug-likeness (QED) is 0.819. The van der Waals surface area contributed by atoms with E-state index in [1.165, 1.54) is 16.2 Å². The molecular weight excluding hydrogens is 254 g/mol. The predicted molar refractivity (Wildman–Crippen MR) is 81.1 cm³/mol. The molecule has 2 N–H and O–H groups in total. The van der Waals surface area contributed by atoms with Gasteiger partial charge in [0.2, 0.25) is 0 Å². The molecule has 1 heterocycles. The second-order valence-corrected chi connectivity index (χ2v) is 5.77. The maximum Gasteiger partial charge on any atom is 0.0948 e. The normalized spacial score (nSPS) is 12.6. The Hall–Kier alpha value is -1.26. The van der Waals surface area contributed by atoms with E-state index >= 15 is 0 Å². The Morgan fingerprint density at radius 3 is 2.68 bits per heavy atom. The molecule has 2 aromatic rings. The van der Waals surface area contributed by atoms with E-state index < -0.39 is 0 Å². The van der Waals surface area contributed by atoms with Crippen molar-refractivity contribution in [1.29, 1.82) is 0 Å². The molecule has 0 radical (unpaired) electrons. The first-order valence-electron chi connectivity index (χ1n) is 6.68. The minimum atomic E-state index is 0.102. The predicted octanol–water partition coefficient (Wildman–Crippen LogP) is 3.61. The van der Waals surface area contributed by atoms with Crippen molar-refractivity contribution in [3.05, 3.63) is 48.0 Å². The number of rotatable bonds is 6. The smallest absolute Gasteiger partial charge is 0.0948 e. The number of aryl methyl sites for hydroxylation is 1. The number of thioether (sulfide) groups is 1. The molecule has 3 nitrogen and oxygen atoms in total. The summed E-state index contributed by atoms with van der Waals surface area (Å²) in [6.45, 7) is 5.23. The number of hydrogen-bond donors (Lipinski definition) is 1. The second kappa shape index (κ2) is 6.78. The van der Waals surface area contributed by atoms with E-state index in [2.05, 4.69) is 40.7 Å². The van der Waals surface area contributed by atoms with Gasteiger partial charge in [-0.25, -0.2) is 4.98 Å². The molecule has 1 aromatic carbocycles. The highest BCUT2D eigenvalue weighted by Crippen LogP contribution is 2.24. The maximum absolute atomic E-state index is 5.85. The number of hydrogen-bond acceptors (Lipinski definition) is 3. The molecule has 2 rings (SSSR count). The van der Waals surface area contributed by atoms with Gasteiger partial charge >= 0.3 is 0 Å². The van der Waals surface area contributed by atoms with Gasteiger partial charge in [0.1, 0.15) is 0 Å². The van der Waals surface area contributed by atoms with Gasteiger partial charge < -0.3 is 10.3 Å². The Bertz CT molecular complexity index is 502. The van der Waals surface area contributed by atoms with Crippen LogP contribution in [0.5, 0.6) is 0 Å². The second-order valence-electron chi connectivity index (χ2n) is 4.72. The third-order valence-electron chi connectivity index (χ3n) is 3.06. The zero-order valence-corrected chi connectivity index (χ0v) is 12.4. The molecule has 0 saturated carbocycles. The van der Waals surface area contributed by atoms with Gasteiger partial charge in [0.05, 0.1) is 6.33 Å². The lowest BCUT2D eigenvalue weighted by atomic mass is 10.1. The first-order chi connectivity index (χ1) is 9.20. The summed E-state index contributed by atoms with van der Waals surface area (Å²) in [5.41, 5.74) is 8.31. The number of aromatic nitrogens is 2. The fourth-order valence-corrected chi connectivity index (χ4v) is 2.82. The van der Waals surface area contributed by atoms with Crippen LogP contribution < -0.4 is 5.73 Å². The Morgan fingerprint density at radius 2 is 2.05 bits per heavy atom. The van der Waals surface area contributed by atoms with Crippen molar-refractivity contribution < 1.29 is 0 Å². The van der Waals surface area contributed by atoms with Gasteiger partial charge in [-0.2, -0.15) is 0 Å². The monoisotopic (exact) mass is 275 g/mol. The van der Waals surface area contributed by atoms with E-state index in [1.54, 1.807) is 0 Å². The van der Waals surface area contributed by atoms with Crippen LogP contribution in [0.1, 0.15) is 37.6 Å². The topological polar surface area (TPSA) is 43.8 Å². The molecule has 0 saturated heterocycles. The van der Waals surface area contributed by atoms with Crippen molar-refractivity contribution in [2.75, 3.05) is 0 Å². The van der Waals surface area contributed by atoms with Gasteiger partial charge in [-0.1, -0.05) is 19.1 Å². The van der Waals surface area contributed by atoms with E-state index in [-0.39, 0.29) is 6.04 Å². The third-order valence-corrected chi connectivity index (χ3v) is 4.10. The first-order valence-corrected chi connectivity index (χ1v) is 7.66. The number of benzene rings is 1. The van der Waals surface area contributed by atoms with Gasteiger partial charge in [0.25, 0.3) is 0 Å². The fourth-order valence-electron chi connectivity index (χ4n) is 1.94. The minimum absolute atomic E-state index is 0.102. The highest BCUT2D eigenvalue weighted by Gasteiger charge is 2.03. The van der Waals surface area contributed by atoms with Gasteiger partial charge in [0.15, 0.2) is 0 Å². The zero-order chi connectivity index (χ0) is 13.7. The average Bonchev–Trinajstić information content (AvgIpc) is 2.85. The van der Waals surface area contributed by atoms with Crippen LogP contribution in [0.15, 0.2) is 41.7 Å². The van der Waals surface area contributed by atoms with Crippen LogP contribution in [-0.4, -0.2) is 9.55 Å². The summed E-state index contributed by atoms with van der Waals surface area (Å²) in [5.74, 6) is 0.956. The Kier molecular flexibility index (Phi) is 5.05. The molecule has 102 valence electrons. The largest absolute Gasteiger partial charge is 0.334 e. The van der Waals surface area contributed by atoms with Crippen molar-refractivity contribution in [3.63, 3.8) is 0 Å². The summed E-state index contributed by atoms with van der Waals surface area (Å²) >= 11 is 1.84. The van der Waals surface area contributed by atoms with Gasteiger partial charge in [0, 0.05) is 35.1 Å². The molecular formula is C15H21N3S. The Balaban J connectivity index is 1.96. The van der Waals surface area contributed by atoms with E-state index in [9.17, 15) is 0 Å². The summed E-state index contributed by atoms with van der Waals surface area (Å²) in [7, 11) is 0. The van der Waals surface area contributed by atoms with Crippen LogP contribution in [0.25, 0.3) is 0 Å². The summed E-state index contributed by atoms with van der Waals surface area (Å²) < 4.78 is 2.23. The van der Waals surface area contributed by atoms with Crippen molar-refractivity contribution in [2.24, 2.45) is 5.73 Å². The Labute approximate surface area is 119 Å². The summed E-state index contributed by atoms with van der Waals surface area (Å²) in [6, 6.07) is 8.60. The van der Waals surface area contributed by atoms with Gasteiger partial charge in [-0.3, -0.25) is 0 Å². The minimum Gasteiger partial charge on any atom is -0.334 e. The SMILES string of the molecule is CCCn1cncc1CSc1ccc(C(C)N)cc1. The number of nitrogens with zero attached hydrogens (tertiary/aromatic N) is 2. The Morgan fingerprint density at radius 1 is 1.32 bits per heavy atom. The summed E-state index contributed by atoms with van der Waals surface area (Å²) in [6.07, 6.45) is 5.01. The van der Waals surface area contributed by atoms with Crippen LogP contribution >= 0.6 is 11.8 Å². The summed E-state index contributed by atoms with van der Waals surface area (Å²) in [5, 5.41) is 0. The molecule has 19 heavy (non-hydrogen) atoms. The molecule has 0 aliphatic rings. The van der Waals surface area contributed by atoms with E-state index in [0.29, 0.717) is 0 Å². The molecule has 0 fully saturated rings. The van der Waals surface area contributed by atoms with Gasteiger partial charge in [-0.05, 0) is 31.0 Å². The molecule has 1 unspecified atom stereocenters. The number of nitrogens with two attached hydrogens (primary N) is 1. The maximum atomic E-state index is 5.85. The van der Waals surface area contributed by atoms with Crippen LogP contribution in [0.4, 0.5) is 0 Å². The first kappa shape index (κ1) is 14.2. The van der Waals surface area contributed by atoms with Crippen LogP contribution in [0.2, 0.25) is 0 Å². The average molecular weight is 275 g/mol. The van der Waals surface area contributed by atoms with Crippen molar-refractivity contribution in [3.8, 4) is 0 Å². The van der Waals surface area contributed by atoms with Crippen LogP contribution in [0.3, 0.4) is 0 Å². The van der Waals surface area contributed by atoms with Crippen molar-refractivity contribution >= 4 is 11.8 Å². The molecule has 0 spiro atoms. The van der Waals surface area contributed by atoms with E-state index in [1.807, 2.05) is 31.2 Å². The molecule has 4 heteroatoms. The molecule has 1 atom stereocenters. The molecule has 1 aromatic heterocycles. The van der Waals surface area contributed by atoms with Crippen molar-refractivity contribution in [1.82, 2.24) is 9.55 Å². The van der Waals surface area contributed by atoms with Crippen LogP contribution in [0, 0.1) is 0 Å². The third kappa shape index (κ3) is 3.85. The van der Waals surface area contributed by atoms with E-state index in [4.69, 9.17) is 5.73 Å². The molecule has 0 aliphatic carbocycles. The molecule has 0 aliphatic heterocycles. The van der Waals surface area contributed by atoms with Crippen LogP contribution in [-0.2, 0) is 12.3 Å². The van der Waals surface area contributed by atoms with E-state index in [0.717, 1.165) is 18.7 Å². The zero-order valence-electron chi connectivity index (χ0n) is 11.5. The molecule has 0 bridgehead atoms. The number of imidazole rings is 1. The lowest BCUT2D eigenvalue weighted by molar-refractivity contribution is 0.659. The highest BCUT2D eigenvalue weighted by atomic mass is 32.2. The lowest BCUT2D eigenvalue weighted by Gasteiger charge is -2.08.